The van der Waals surface area contributed by atoms with Crippen LogP contribution in [0.25, 0.3) is 0 Å². The summed E-state index contributed by atoms with van der Waals surface area (Å²) < 4.78 is 5.80. The Morgan fingerprint density at radius 2 is 2.26 bits per heavy atom. The molecule has 1 saturated heterocycles. The Hall–Kier alpha value is -0.950. The van der Waals surface area contributed by atoms with Gasteiger partial charge in [0, 0.05) is 32.2 Å². The van der Waals surface area contributed by atoms with Crippen molar-refractivity contribution in [1.82, 2.24) is 14.7 Å². The van der Waals surface area contributed by atoms with Gasteiger partial charge in [-0.1, -0.05) is 0 Å². The molecule has 1 aromatic heterocycles. The molecule has 3 rings (SSSR count). The van der Waals surface area contributed by atoms with Gasteiger partial charge in [-0.05, 0) is 49.3 Å². The van der Waals surface area contributed by atoms with Crippen LogP contribution in [0.3, 0.4) is 0 Å². The number of nitrogens with zero attached hydrogens (tertiary/aromatic N) is 3. The summed E-state index contributed by atoms with van der Waals surface area (Å²) in [6.45, 7) is 4.62. The first-order chi connectivity index (χ1) is 11.1. The van der Waals surface area contributed by atoms with E-state index in [1.54, 1.807) is 11.3 Å². The predicted molar refractivity (Wildman–Crippen MR) is 92.6 cm³/mol. The van der Waals surface area contributed by atoms with Crippen LogP contribution < -0.4 is 0 Å². The SMILES string of the molecule is CN(C)C[C@H]1CN(CC(=O)N(Cc2ccsc2)C2CC2)CCO1. The maximum absolute atomic E-state index is 12.8. The summed E-state index contributed by atoms with van der Waals surface area (Å²) in [6.07, 6.45) is 2.52. The van der Waals surface area contributed by atoms with Gasteiger partial charge in [0.1, 0.15) is 0 Å². The second kappa shape index (κ2) is 7.75. The molecule has 2 aliphatic rings. The molecule has 5 nitrogen and oxygen atoms in total. The molecule has 128 valence electrons. The molecule has 0 spiro atoms. The van der Waals surface area contributed by atoms with Crippen LogP contribution in [0, 0.1) is 0 Å². The minimum atomic E-state index is 0.206. The van der Waals surface area contributed by atoms with Crippen molar-refractivity contribution in [1.29, 1.82) is 0 Å². The van der Waals surface area contributed by atoms with Crippen molar-refractivity contribution in [2.24, 2.45) is 0 Å². The quantitative estimate of drug-likeness (QED) is 0.755. The molecule has 1 aromatic rings. The van der Waals surface area contributed by atoms with Crippen LogP contribution in [0.4, 0.5) is 0 Å². The number of hydrogen-bond acceptors (Lipinski definition) is 5. The highest BCUT2D eigenvalue weighted by atomic mass is 32.1. The maximum atomic E-state index is 12.8. The molecular weight excluding hydrogens is 310 g/mol. The van der Waals surface area contributed by atoms with E-state index in [1.165, 1.54) is 5.56 Å². The fourth-order valence-corrected chi connectivity index (χ4v) is 3.77. The number of carbonyl (C=O) groups excluding carboxylic acids is 1. The molecule has 23 heavy (non-hydrogen) atoms. The Bertz CT molecular complexity index is 502. The fourth-order valence-electron chi connectivity index (χ4n) is 3.11. The average Bonchev–Trinajstić information content (AvgIpc) is 3.20. The van der Waals surface area contributed by atoms with Gasteiger partial charge in [0.2, 0.25) is 5.91 Å². The largest absolute Gasteiger partial charge is 0.374 e. The van der Waals surface area contributed by atoms with Crippen LogP contribution in [-0.2, 0) is 16.1 Å². The molecule has 1 aliphatic carbocycles. The third-order valence-electron chi connectivity index (χ3n) is 4.39. The second-order valence-electron chi connectivity index (χ2n) is 6.87. The van der Waals surface area contributed by atoms with Gasteiger partial charge in [-0.3, -0.25) is 9.69 Å². The van der Waals surface area contributed by atoms with Crippen molar-refractivity contribution in [3.05, 3.63) is 22.4 Å². The standard InChI is InChI=1S/C17H27N3O2S/c1-18(2)10-16-11-19(6-7-22-16)12-17(21)20(15-3-4-15)9-14-5-8-23-13-14/h5,8,13,15-16H,3-4,6-7,9-12H2,1-2H3/t16-/m0/s1. The van der Waals surface area contributed by atoms with Crippen molar-refractivity contribution in [2.75, 3.05) is 46.9 Å². The highest BCUT2D eigenvalue weighted by Gasteiger charge is 2.34. The predicted octanol–water partition coefficient (Wildman–Crippen LogP) is 1.50. The maximum Gasteiger partial charge on any atom is 0.237 e. The molecule has 0 N–H and O–H groups in total. The number of morpholine rings is 1. The lowest BCUT2D eigenvalue weighted by Gasteiger charge is -2.35. The smallest absolute Gasteiger partial charge is 0.237 e. The molecule has 2 heterocycles. The summed E-state index contributed by atoms with van der Waals surface area (Å²) in [5.41, 5.74) is 1.25. The Balaban J connectivity index is 1.54. The number of rotatable bonds is 7. The number of amides is 1. The first-order valence-corrected chi connectivity index (χ1v) is 9.35. The van der Waals surface area contributed by atoms with E-state index in [0.717, 1.165) is 45.6 Å². The molecule has 0 radical (unpaired) electrons. The van der Waals surface area contributed by atoms with Gasteiger partial charge in [0.25, 0.3) is 0 Å². The first kappa shape index (κ1) is 16.9. The van der Waals surface area contributed by atoms with Gasteiger partial charge in [-0.2, -0.15) is 11.3 Å². The van der Waals surface area contributed by atoms with Gasteiger partial charge in [-0.15, -0.1) is 0 Å². The third kappa shape index (κ3) is 5.01. The first-order valence-electron chi connectivity index (χ1n) is 8.41. The van der Waals surface area contributed by atoms with Crippen LogP contribution in [0.5, 0.6) is 0 Å². The van der Waals surface area contributed by atoms with Gasteiger partial charge < -0.3 is 14.5 Å². The third-order valence-corrected chi connectivity index (χ3v) is 5.12. The van der Waals surface area contributed by atoms with Crippen LogP contribution in [0.15, 0.2) is 16.8 Å². The van der Waals surface area contributed by atoms with E-state index in [9.17, 15) is 4.79 Å². The zero-order valence-corrected chi connectivity index (χ0v) is 14.9. The zero-order chi connectivity index (χ0) is 16.2. The van der Waals surface area contributed by atoms with Crippen LogP contribution in [0.2, 0.25) is 0 Å². The van der Waals surface area contributed by atoms with E-state index in [0.29, 0.717) is 12.6 Å². The average molecular weight is 337 g/mol. The second-order valence-corrected chi connectivity index (χ2v) is 7.65. The fraction of sp³-hybridized carbons (Fsp3) is 0.706. The normalized spacial score (nSPS) is 22.5. The zero-order valence-electron chi connectivity index (χ0n) is 14.1. The minimum Gasteiger partial charge on any atom is -0.374 e. The minimum absolute atomic E-state index is 0.206. The van der Waals surface area contributed by atoms with E-state index in [2.05, 4.69) is 45.6 Å². The van der Waals surface area contributed by atoms with Gasteiger partial charge >= 0.3 is 0 Å². The lowest BCUT2D eigenvalue weighted by Crippen LogP contribution is -2.50. The van der Waals surface area contributed by atoms with E-state index in [1.807, 2.05) is 0 Å². The summed E-state index contributed by atoms with van der Waals surface area (Å²) in [7, 11) is 4.12. The molecule has 0 bridgehead atoms. The van der Waals surface area contributed by atoms with E-state index in [4.69, 9.17) is 4.74 Å². The van der Waals surface area contributed by atoms with E-state index >= 15 is 0 Å². The van der Waals surface area contributed by atoms with Gasteiger partial charge in [0.05, 0.1) is 19.3 Å². The van der Waals surface area contributed by atoms with Crippen molar-refractivity contribution < 1.29 is 9.53 Å². The van der Waals surface area contributed by atoms with Crippen LogP contribution in [0.1, 0.15) is 18.4 Å². The molecule has 2 fully saturated rings. The highest BCUT2D eigenvalue weighted by molar-refractivity contribution is 7.07. The number of hydrogen-bond donors (Lipinski definition) is 0. The van der Waals surface area contributed by atoms with Crippen molar-refractivity contribution >= 4 is 17.2 Å². The molecule has 0 unspecified atom stereocenters. The van der Waals surface area contributed by atoms with Gasteiger partial charge in [-0.25, -0.2) is 0 Å². The number of thiophene rings is 1. The number of carbonyl (C=O) groups is 1. The Kier molecular flexibility index (Phi) is 5.69. The topological polar surface area (TPSA) is 36.0 Å². The Morgan fingerprint density at radius 3 is 2.91 bits per heavy atom. The van der Waals surface area contributed by atoms with Gasteiger partial charge in [0.15, 0.2) is 0 Å². The molecule has 1 saturated carbocycles. The summed E-state index contributed by atoms with van der Waals surface area (Å²) in [6, 6.07) is 2.58. The molecular formula is C17H27N3O2S. The summed E-state index contributed by atoms with van der Waals surface area (Å²) in [5.74, 6) is 0.268. The van der Waals surface area contributed by atoms with E-state index in [-0.39, 0.29) is 12.0 Å². The molecule has 0 aromatic carbocycles. The molecule has 1 atom stereocenters. The highest BCUT2D eigenvalue weighted by Crippen LogP contribution is 2.29. The molecule has 1 amide bonds. The van der Waals surface area contributed by atoms with Crippen molar-refractivity contribution in [2.45, 2.75) is 31.5 Å². The van der Waals surface area contributed by atoms with Crippen LogP contribution in [-0.4, -0.2) is 79.6 Å². The summed E-state index contributed by atoms with van der Waals surface area (Å²) in [4.78, 5) is 19.3. The van der Waals surface area contributed by atoms with Crippen LogP contribution >= 0.6 is 11.3 Å². The summed E-state index contributed by atoms with van der Waals surface area (Å²) >= 11 is 1.70. The Morgan fingerprint density at radius 1 is 1.43 bits per heavy atom. The monoisotopic (exact) mass is 337 g/mol. The van der Waals surface area contributed by atoms with Crippen molar-refractivity contribution in [3.8, 4) is 0 Å². The lowest BCUT2D eigenvalue weighted by atomic mass is 10.2. The van der Waals surface area contributed by atoms with Crippen molar-refractivity contribution in [3.63, 3.8) is 0 Å². The molecule has 1 aliphatic heterocycles. The summed E-state index contributed by atoms with van der Waals surface area (Å²) in [5, 5.41) is 4.23. The number of ether oxygens (including phenoxy) is 1. The lowest BCUT2D eigenvalue weighted by molar-refractivity contribution is -0.135. The number of likely N-dealkylation sites (N-methyl/N-ethyl adjacent to an activating group) is 1. The molecule has 6 heteroatoms. The van der Waals surface area contributed by atoms with E-state index < -0.39 is 0 Å². The Labute approximate surface area is 142 Å².